The number of hydroxylamine groups is 3. The van der Waals surface area contributed by atoms with E-state index in [1.54, 1.807) is 4.90 Å². The van der Waals surface area contributed by atoms with Crippen LogP contribution < -0.4 is 5.48 Å². The molecule has 3 saturated heterocycles. The predicted molar refractivity (Wildman–Crippen MR) is 95.0 cm³/mol. The van der Waals surface area contributed by atoms with Crippen LogP contribution in [0.5, 0.6) is 0 Å². The highest BCUT2D eigenvalue weighted by Crippen LogP contribution is 2.58. The first-order valence-electron chi connectivity index (χ1n) is 9.82. The summed E-state index contributed by atoms with van der Waals surface area (Å²) >= 11 is 0. The van der Waals surface area contributed by atoms with Crippen molar-refractivity contribution < 1.29 is 29.2 Å². The van der Waals surface area contributed by atoms with E-state index < -0.39 is 23.8 Å². The Morgan fingerprint density at radius 2 is 1.96 bits per heavy atom. The fourth-order valence-electron chi connectivity index (χ4n) is 4.41. The zero-order valence-corrected chi connectivity index (χ0v) is 16.5. The lowest BCUT2D eigenvalue weighted by molar-refractivity contribution is -0.144. The van der Waals surface area contributed by atoms with E-state index in [9.17, 15) is 19.6 Å². The van der Waals surface area contributed by atoms with Gasteiger partial charge in [-0.1, -0.05) is 0 Å². The first-order chi connectivity index (χ1) is 13.1. The summed E-state index contributed by atoms with van der Waals surface area (Å²) in [6.07, 6.45) is 2.21. The molecule has 156 valence electrons. The van der Waals surface area contributed by atoms with Gasteiger partial charge in [-0.05, 0) is 51.9 Å². The molecule has 4 aliphatic rings. The van der Waals surface area contributed by atoms with Gasteiger partial charge in [0, 0.05) is 13.1 Å². The van der Waals surface area contributed by atoms with Gasteiger partial charge in [0.15, 0.2) is 0 Å². The van der Waals surface area contributed by atoms with Gasteiger partial charge in [0.1, 0.15) is 17.7 Å². The molecule has 3 heterocycles. The van der Waals surface area contributed by atoms with Gasteiger partial charge in [0.05, 0.1) is 12.6 Å². The molecule has 1 spiro atoms. The molecule has 1 saturated carbocycles. The third kappa shape index (κ3) is 3.39. The number of likely N-dealkylation sites (tertiary alicyclic amines) is 1. The van der Waals surface area contributed by atoms with Crippen molar-refractivity contribution >= 4 is 18.0 Å². The third-order valence-electron chi connectivity index (χ3n) is 6.11. The van der Waals surface area contributed by atoms with E-state index in [0.717, 1.165) is 17.9 Å². The van der Waals surface area contributed by atoms with Gasteiger partial charge in [-0.25, -0.2) is 20.1 Å². The second-order valence-electron chi connectivity index (χ2n) is 9.30. The Hall–Kier alpha value is -2.07. The van der Waals surface area contributed by atoms with Gasteiger partial charge in [0.25, 0.3) is 5.91 Å². The van der Waals surface area contributed by atoms with E-state index in [-0.39, 0.29) is 23.5 Å². The summed E-state index contributed by atoms with van der Waals surface area (Å²) in [7, 11) is 0. The Bertz CT molecular complexity index is 688. The van der Waals surface area contributed by atoms with Crippen molar-refractivity contribution in [2.24, 2.45) is 5.41 Å². The van der Waals surface area contributed by atoms with Crippen LogP contribution in [-0.4, -0.2) is 81.5 Å². The zero-order chi connectivity index (χ0) is 20.3. The number of ether oxygens (including phenoxy) is 1. The summed E-state index contributed by atoms with van der Waals surface area (Å²) in [4.78, 5) is 45.5. The average Bonchev–Trinajstić information content (AvgIpc) is 3.11. The molecule has 4 amide bonds. The average molecular weight is 396 g/mol. The summed E-state index contributed by atoms with van der Waals surface area (Å²) in [5, 5.41) is 10.8. The van der Waals surface area contributed by atoms with Crippen LogP contribution in [0.4, 0.5) is 9.59 Å². The normalized spacial score (nSPS) is 30.8. The minimum atomic E-state index is -0.647. The minimum absolute atomic E-state index is 0.152. The van der Waals surface area contributed by atoms with Crippen molar-refractivity contribution in [1.29, 1.82) is 0 Å². The van der Waals surface area contributed by atoms with Crippen LogP contribution in [-0.2, 0) is 14.4 Å². The molecule has 3 atom stereocenters. The number of fused-ring (bicyclic) bond motifs is 3. The number of piperidine rings is 1. The second kappa shape index (κ2) is 6.48. The maximum Gasteiger partial charge on any atom is 0.410 e. The number of carbonyl (C=O) groups excluding carboxylic acids is 3. The second-order valence-corrected chi connectivity index (χ2v) is 9.30. The summed E-state index contributed by atoms with van der Waals surface area (Å²) < 4.78 is 5.35. The predicted octanol–water partition coefficient (Wildman–Crippen LogP) is 1.09. The minimum Gasteiger partial charge on any atom is -0.444 e. The number of urea groups is 1. The molecule has 4 fully saturated rings. The Morgan fingerprint density at radius 3 is 2.61 bits per heavy atom. The van der Waals surface area contributed by atoms with E-state index in [2.05, 4.69) is 5.48 Å². The van der Waals surface area contributed by atoms with Gasteiger partial charge in [-0.3, -0.25) is 14.8 Å². The lowest BCUT2D eigenvalue weighted by Gasteiger charge is -2.35. The Labute approximate surface area is 163 Å². The van der Waals surface area contributed by atoms with Gasteiger partial charge >= 0.3 is 12.1 Å². The number of nitrogens with one attached hydrogen (secondary N) is 1. The van der Waals surface area contributed by atoms with Crippen LogP contribution in [0.1, 0.15) is 46.5 Å². The van der Waals surface area contributed by atoms with Gasteiger partial charge in [-0.2, -0.15) is 0 Å². The molecule has 1 aliphatic carbocycles. The fourth-order valence-corrected chi connectivity index (χ4v) is 4.41. The molecule has 2 N–H and O–H groups in total. The highest BCUT2D eigenvalue weighted by atomic mass is 16.7. The van der Waals surface area contributed by atoms with E-state index in [1.807, 2.05) is 20.8 Å². The van der Waals surface area contributed by atoms with E-state index in [1.165, 1.54) is 4.90 Å². The van der Waals surface area contributed by atoms with Crippen LogP contribution in [0.2, 0.25) is 0 Å². The van der Waals surface area contributed by atoms with Crippen LogP contribution in [0.25, 0.3) is 0 Å². The zero-order valence-electron chi connectivity index (χ0n) is 16.5. The van der Waals surface area contributed by atoms with Crippen LogP contribution in [0, 0.1) is 5.41 Å². The molecule has 0 unspecified atom stereocenters. The maximum absolute atomic E-state index is 12.7. The highest BCUT2D eigenvalue weighted by Gasteiger charge is 2.63. The lowest BCUT2D eigenvalue weighted by Crippen LogP contribution is -2.53. The maximum atomic E-state index is 12.7. The molecule has 4 rings (SSSR count). The molecule has 0 aromatic rings. The molecule has 2 bridgehead atoms. The SMILES string of the molecule is CC(C)(C)OC(=O)N1CC[C@H](ONC(=O)[C@@H]2CC3(CC3)[C@H]3CN2C(=O)N3O)C1. The van der Waals surface area contributed by atoms with Crippen molar-refractivity contribution in [1.82, 2.24) is 20.3 Å². The largest absolute Gasteiger partial charge is 0.444 e. The molecule has 0 aromatic carbocycles. The Kier molecular flexibility index (Phi) is 4.46. The number of amides is 4. The van der Waals surface area contributed by atoms with Crippen molar-refractivity contribution in [3.8, 4) is 0 Å². The molecule has 0 radical (unpaired) electrons. The van der Waals surface area contributed by atoms with Crippen molar-refractivity contribution in [3.63, 3.8) is 0 Å². The molecule has 10 heteroatoms. The smallest absolute Gasteiger partial charge is 0.410 e. The van der Waals surface area contributed by atoms with Gasteiger partial charge in [0.2, 0.25) is 0 Å². The molecule has 28 heavy (non-hydrogen) atoms. The van der Waals surface area contributed by atoms with E-state index in [0.29, 0.717) is 32.5 Å². The third-order valence-corrected chi connectivity index (χ3v) is 6.11. The molecule has 10 nitrogen and oxygen atoms in total. The molecular formula is C18H28N4O6. The van der Waals surface area contributed by atoms with Crippen LogP contribution in [0.15, 0.2) is 0 Å². The topological polar surface area (TPSA) is 112 Å². The first-order valence-corrected chi connectivity index (χ1v) is 9.82. The molecule has 0 aromatic heterocycles. The number of nitrogens with zero attached hydrogens (tertiary/aromatic N) is 3. The summed E-state index contributed by atoms with van der Waals surface area (Å²) in [6, 6.07) is -1.39. The standard InChI is InChI=1S/C18H28N4O6/c1-17(2,3)27-16(25)20-7-4-11(9-20)28-19-14(23)12-8-18(5-6-18)13-10-21(12)15(24)22(13)26/h11-13,26H,4-10H2,1-3H3,(H,19,23)/t11-,12-,13+/m0/s1. The summed E-state index contributed by atoms with van der Waals surface area (Å²) in [5.74, 6) is -0.385. The van der Waals surface area contributed by atoms with E-state index >= 15 is 0 Å². The van der Waals surface area contributed by atoms with Gasteiger partial charge in [-0.15, -0.1) is 0 Å². The quantitative estimate of drug-likeness (QED) is 0.546. The van der Waals surface area contributed by atoms with Crippen molar-refractivity contribution in [2.75, 3.05) is 19.6 Å². The van der Waals surface area contributed by atoms with E-state index in [4.69, 9.17) is 9.57 Å². The Morgan fingerprint density at radius 1 is 1.25 bits per heavy atom. The highest BCUT2D eigenvalue weighted by molar-refractivity contribution is 5.88. The number of hydrogen-bond donors (Lipinski definition) is 2. The van der Waals surface area contributed by atoms with Crippen molar-refractivity contribution in [3.05, 3.63) is 0 Å². The fraction of sp³-hybridized carbons (Fsp3) is 0.833. The summed E-state index contributed by atoms with van der Waals surface area (Å²) in [6.45, 7) is 6.62. The monoisotopic (exact) mass is 396 g/mol. The molecular weight excluding hydrogens is 368 g/mol. The number of hydrogen-bond acceptors (Lipinski definition) is 6. The first kappa shape index (κ1) is 19.3. The van der Waals surface area contributed by atoms with Crippen LogP contribution >= 0.6 is 0 Å². The molecule has 3 aliphatic heterocycles. The van der Waals surface area contributed by atoms with Crippen LogP contribution in [0.3, 0.4) is 0 Å². The number of carbonyl (C=O) groups is 3. The van der Waals surface area contributed by atoms with Gasteiger partial charge < -0.3 is 14.5 Å². The number of rotatable bonds is 3. The Balaban J connectivity index is 1.30. The van der Waals surface area contributed by atoms with Crippen molar-refractivity contribution in [2.45, 2.75) is 70.2 Å². The lowest BCUT2D eigenvalue weighted by atomic mass is 9.85. The summed E-state index contributed by atoms with van der Waals surface area (Å²) in [5.41, 5.74) is 1.76.